The van der Waals surface area contributed by atoms with Gasteiger partial charge in [0.1, 0.15) is 0 Å². The highest BCUT2D eigenvalue weighted by atomic mass is 16.4. The Balaban J connectivity index is 2.12. The van der Waals surface area contributed by atoms with Crippen molar-refractivity contribution in [1.29, 1.82) is 0 Å². The van der Waals surface area contributed by atoms with Crippen LogP contribution in [0.4, 0.5) is 0 Å². The molecule has 0 saturated carbocycles. The number of nitrogens with zero attached hydrogens (tertiary/aromatic N) is 2. The number of hydrogen-bond donors (Lipinski definition) is 1. The van der Waals surface area contributed by atoms with Crippen molar-refractivity contribution in [1.82, 2.24) is 9.80 Å². The van der Waals surface area contributed by atoms with Crippen molar-refractivity contribution in [3.63, 3.8) is 0 Å². The van der Waals surface area contributed by atoms with E-state index in [2.05, 4.69) is 0 Å². The number of carboxylic acid groups (broad SMARTS) is 1. The largest absolute Gasteiger partial charge is 0.481 e. The predicted octanol–water partition coefficient (Wildman–Crippen LogP) is -0.519. The third kappa shape index (κ3) is 2.70. The second-order valence-electron chi connectivity index (χ2n) is 3.83. The van der Waals surface area contributed by atoms with Crippen molar-refractivity contribution in [3.8, 4) is 0 Å². The van der Waals surface area contributed by atoms with E-state index in [4.69, 9.17) is 5.11 Å². The maximum atomic E-state index is 11.2. The summed E-state index contributed by atoms with van der Waals surface area (Å²) < 4.78 is 0. The summed E-state index contributed by atoms with van der Waals surface area (Å²) in [6.07, 6.45) is 0.472. The second kappa shape index (κ2) is 4.41. The van der Waals surface area contributed by atoms with E-state index in [1.54, 1.807) is 19.0 Å². The lowest BCUT2D eigenvalue weighted by Crippen LogP contribution is -2.51. The van der Waals surface area contributed by atoms with Gasteiger partial charge in [-0.2, -0.15) is 0 Å². The Kier molecular flexibility index (Phi) is 3.46. The van der Waals surface area contributed by atoms with Gasteiger partial charge in [0.05, 0.1) is 5.92 Å². The number of amides is 1. The first-order valence-electron chi connectivity index (χ1n) is 4.66. The average Bonchev–Trinajstić information content (AvgIpc) is 1.99. The van der Waals surface area contributed by atoms with E-state index in [-0.39, 0.29) is 11.8 Å². The molecule has 0 atom stereocenters. The van der Waals surface area contributed by atoms with Crippen molar-refractivity contribution in [2.24, 2.45) is 5.92 Å². The molecule has 1 aliphatic rings. The molecule has 1 aliphatic heterocycles. The summed E-state index contributed by atoms with van der Waals surface area (Å²) in [5.41, 5.74) is 0. The van der Waals surface area contributed by atoms with Crippen LogP contribution in [0.15, 0.2) is 0 Å². The zero-order valence-corrected chi connectivity index (χ0v) is 8.56. The first kappa shape index (κ1) is 11.0. The standard InChI is InChI=1S/C9H16N2O3/c1-10(2)8(12)3-4-11-5-7(6-11)9(13)14/h7H,3-6H2,1-2H3,(H,13,14). The molecule has 1 saturated heterocycles. The van der Waals surface area contributed by atoms with Gasteiger partial charge in [-0.25, -0.2) is 0 Å². The Labute approximate surface area is 83.3 Å². The second-order valence-corrected chi connectivity index (χ2v) is 3.83. The van der Waals surface area contributed by atoms with Crippen LogP contribution in [0.25, 0.3) is 0 Å². The first-order chi connectivity index (χ1) is 6.50. The molecule has 0 aliphatic carbocycles. The number of carbonyl (C=O) groups is 2. The van der Waals surface area contributed by atoms with Gasteiger partial charge in [-0.3, -0.25) is 9.59 Å². The van der Waals surface area contributed by atoms with Crippen molar-refractivity contribution < 1.29 is 14.7 Å². The van der Waals surface area contributed by atoms with Crippen LogP contribution in [0.2, 0.25) is 0 Å². The molecule has 5 nitrogen and oxygen atoms in total. The third-order valence-corrected chi connectivity index (χ3v) is 2.45. The summed E-state index contributed by atoms with van der Waals surface area (Å²) in [6.45, 7) is 1.83. The third-order valence-electron chi connectivity index (χ3n) is 2.45. The van der Waals surface area contributed by atoms with Crippen LogP contribution in [-0.4, -0.2) is 60.5 Å². The quantitative estimate of drug-likeness (QED) is 0.663. The van der Waals surface area contributed by atoms with Gasteiger partial charge in [-0.05, 0) is 0 Å². The summed E-state index contributed by atoms with van der Waals surface area (Å²) in [5.74, 6) is -0.881. The number of aliphatic carboxylic acids is 1. The SMILES string of the molecule is CN(C)C(=O)CCN1CC(C(=O)O)C1. The van der Waals surface area contributed by atoms with Crippen molar-refractivity contribution in [2.45, 2.75) is 6.42 Å². The molecule has 1 heterocycles. The predicted molar refractivity (Wildman–Crippen MR) is 50.9 cm³/mol. The topological polar surface area (TPSA) is 60.9 Å². The van der Waals surface area contributed by atoms with E-state index in [1.807, 2.05) is 4.90 Å². The molecule has 5 heteroatoms. The number of carboxylic acids is 1. The summed E-state index contributed by atoms with van der Waals surface area (Å²) in [4.78, 5) is 25.2. The fraction of sp³-hybridized carbons (Fsp3) is 0.778. The number of carbonyl (C=O) groups excluding carboxylic acids is 1. The minimum Gasteiger partial charge on any atom is -0.481 e. The van der Waals surface area contributed by atoms with Crippen molar-refractivity contribution in [2.75, 3.05) is 33.7 Å². The Morgan fingerprint density at radius 2 is 2.00 bits per heavy atom. The fourth-order valence-electron chi connectivity index (χ4n) is 1.39. The van der Waals surface area contributed by atoms with Gasteiger partial charge in [-0.1, -0.05) is 0 Å². The summed E-state index contributed by atoms with van der Waals surface area (Å²) in [7, 11) is 3.44. The van der Waals surface area contributed by atoms with Gasteiger partial charge in [0.25, 0.3) is 0 Å². The molecule has 0 spiro atoms. The Morgan fingerprint density at radius 1 is 1.43 bits per heavy atom. The van der Waals surface area contributed by atoms with Gasteiger partial charge >= 0.3 is 5.97 Å². The number of rotatable bonds is 4. The van der Waals surface area contributed by atoms with Crippen LogP contribution in [0.5, 0.6) is 0 Å². The smallest absolute Gasteiger partial charge is 0.309 e. The maximum absolute atomic E-state index is 11.2. The molecule has 0 bridgehead atoms. The molecule has 0 aromatic heterocycles. The molecule has 0 radical (unpaired) electrons. The van der Waals surface area contributed by atoms with Crippen LogP contribution in [-0.2, 0) is 9.59 Å². The Hall–Kier alpha value is -1.10. The summed E-state index contributed by atoms with van der Waals surface area (Å²) in [6, 6.07) is 0. The monoisotopic (exact) mass is 200 g/mol. The molecule has 14 heavy (non-hydrogen) atoms. The van der Waals surface area contributed by atoms with Crippen LogP contribution in [0.1, 0.15) is 6.42 Å². The Morgan fingerprint density at radius 3 is 2.43 bits per heavy atom. The van der Waals surface area contributed by atoms with Crippen molar-refractivity contribution in [3.05, 3.63) is 0 Å². The van der Waals surface area contributed by atoms with E-state index in [0.29, 0.717) is 26.1 Å². The molecule has 1 N–H and O–H groups in total. The lowest BCUT2D eigenvalue weighted by molar-refractivity contribution is -0.147. The molecule has 1 fully saturated rings. The van der Waals surface area contributed by atoms with E-state index in [9.17, 15) is 9.59 Å². The zero-order valence-electron chi connectivity index (χ0n) is 8.56. The highest BCUT2D eigenvalue weighted by molar-refractivity contribution is 5.75. The molecular weight excluding hydrogens is 184 g/mol. The van der Waals surface area contributed by atoms with Gasteiger partial charge < -0.3 is 14.9 Å². The molecule has 0 aromatic carbocycles. The van der Waals surface area contributed by atoms with Gasteiger partial charge in [0.2, 0.25) is 5.91 Å². The zero-order chi connectivity index (χ0) is 10.7. The van der Waals surface area contributed by atoms with Crippen molar-refractivity contribution >= 4 is 11.9 Å². The lowest BCUT2D eigenvalue weighted by atomic mass is 10.0. The fourth-order valence-corrected chi connectivity index (χ4v) is 1.39. The highest BCUT2D eigenvalue weighted by Crippen LogP contribution is 2.15. The molecule has 80 valence electrons. The maximum Gasteiger partial charge on any atom is 0.309 e. The minimum absolute atomic E-state index is 0.0868. The normalized spacial score (nSPS) is 17.6. The Bertz CT molecular complexity index is 234. The van der Waals surface area contributed by atoms with Crippen LogP contribution < -0.4 is 0 Å². The number of likely N-dealkylation sites (tertiary alicyclic amines) is 1. The minimum atomic E-state index is -0.736. The van der Waals surface area contributed by atoms with Crippen LogP contribution >= 0.6 is 0 Å². The van der Waals surface area contributed by atoms with Crippen LogP contribution in [0, 0.1) is 5.92 Å². The summed E-state index contributed by atoms with van der Waals surface area (Å²) >= 11 is 0. The van der Waals surface area contributed by atoms with E-state index >= 15 is 0 Å². The molecule has 1 rings (SSSR count). The highest BCUT2D eigenvalue weighted by Gasteiger charge is 2.32. The molecular formula is C9H16N2O3. The van der Waals surface area contributed by atoms with E-state index in [1.165, 1.54) is 0 Å². The van der Waals surface area contributed by atoms with E-state index in [0.717, 1.165) is 0 Å². The first-order valence-corrected chi connectivity index (χ1v) is 4.66. The average molecular weight is 200 g/mol. The van der Waals surface area contributed by atoms with E-state index < -0.39 is 5.97 Å². The molecule has 1 amide bonds. The molecule has 0 aromatic rings. The summed E-state index contributed by atoms with van der Waals surface area (Å²) in [5, 5.41) is 8.61. The van der Waals surface area contributed by atoms with Crippen LogP contribution in [0.3, 0.4) is 0 Å². The van der Waals surface area contributed by atoms with Gasteiger partial charge in [-0.15, -0.1) is 0 Å². The molecule has 0 unspecified atom stereocenters. The number of hydrogen-bond acceptors (Lipinski definition) is 3. The van der Waals surface area contributed by atoms with Gasteiger partial charge in [0, 0.05) is 40.2 Å². The lowest BCUT2D eigenvalue weighted by Gasteiger charge is -2.36. The van der Waals surface area contributed by atoms with Gasteiger partial charge in [0.15, 0.2) is 0 Å².